The van der Waals surface area contributed by atoms with Crippen LogP contribution < -0.4 is 10.5 Å². The monoisotopic (exact) mass is 238 g/mol. The fourth-order valence-electron chi connectivity index (χ4n) is 1.86. The third-order valence-electron chi connectivity index (χ3n) is 2.67. The van der Waals surface area contributed by atoms with E-state index >= 15 is 0 Å². The van der Waals surface area contributed by atoms with E-state index in [0.717, 1.165) is 11.3 Å². The molecular formula is C10H14N4O3. The minimum absolute atomic E-state index is 0.187. The summed E-state index contributed by atoms with van der Waals surface area (Å²) in [6, 6.07) is 0. The van der Waals surface area contributed by atoms with Crippen LogP contribution >= 0.6 is 0 Å². The zero-order chi connectivity index (χ0) is 12.4. The number of ether oxygens (including phenoxy) is 2. The van der Waals surface area contributed by atoms with Gasteiger partial charge in [0.15, 0.2) is 0 Å². The van der Waals surface area contributed by atoms with Crippen molar-refractivity contribution in [2.45, 2.75) is 13.0 Å². The first kappa shape index (κ1) is 11.4. The summed E-state index contributed by atoms with van der Waals surface area (Å²) in [6.07, 6.45) is 0.252. The highest BCUT2D eigenvalue weighted by Crippen LogP contribution is 2.26. The average Bonchev–Trinajstić information content (AvgIpc) is 2.36. The Balaban J connectivity index is 2.33. The predicted octanol–water partition coefficient (Wildman–Crippen LogP) is 0.192. The Morgan fingerprint density at radius 2 is 2.18 bits per heavy atom. The summed E-state index contributed by atoms with van der Waals surface area (Å²) in [7, 11) is 2.87. The van der Waals surface area contributed by atoms with E-state index in [4.69, 9.17) is 10.5 Å². The number of carbonyl (C=O) groups is 1. The van der Waals surface area contributed by atoms with E-state index < -0.39 is 0 Å². The maximum Gasteiger partial charge on any atom is 0.409 e. The number of hydrogen-bond donors (Lipinski definition) is 1. The molecular weight excluding hydrogens is 224 g/mol. The molecule has 2 heterocycles. The molecule has 0 saturated heterocycles. The number of anilines is 1. The molecule has 0 atom stereocenters. The minimum atomic E-state index is -0.366. The van der Waals surface area contributed by atoms with Gasteiger partial charge in [-0.05, 0) is 0 Å². The van der Waals surface area contributed by atoms with Crippen molar-refractivity contribution in [2.24, 2.45) is 0 Å². The smallest absolute Gasteiger partial charge is 0.409 e. The van der Waals surface area contributed by atoms with Gasteiger partial charge >= 0.3 is 6.09 Å². The van der Waals surface area contributed by atoms with Gasteiger partial charge in [0.2, 0.25) is 11.8 Å². The van der Waals surface area contributed by atoms with Crippen molar-refractivity contribution in [3.05, 3.63) is 11.3 Å². The number of methoxy groups -OCH3 is 2. The van der Waals surface area contributed by atoms with Crippen molar-refractivity contribution in [2.75, 3.05) is 26.5 Å². The summed E-state index contributed by atoms with van der Waals surface area (Å²) in [6.45, 7) is 0.935. The summed E-state index contributed by atoms with van der Waals surface area (Å²) in [4.78, 5) is 21.2. The lowest BCUT2D eigenvalue weighted by atomic mass is 10.1. The van der Waals surface area contributed by atoms with Gasteiger partial charge in [-0.3, -0.25) is 0 Å². The van der Waals surface area contributed by atoms with Crippen molar-refractivity contribution in [1.82, 2.24) is 14.9 Å². The fourth-order valence-corrected chi connectivity index (χ4v) is 1.86. The van der Waals surface area contributed by atoms with Crippen LogP contribution in [0.5, 0.6) is 5.88 Å². The topological polar surface area (TPSA) is 90.6 Å². The Kier molecular flexibility index (Phi) is 2.99. The molecule has 1 aromatic rings. The Bertz CT molecular complexity index is 432. The molecule has 0 bridgehead atoms. The van der Waals surface area contributed by atoms with Crippen molar-refractivity contribution in [3.63, 3.8) is 0 Å². The van der Waals surface area contributed by atoms with E-state index in [1.54, 1.807) is 4.90 Å². The molecule has 0 aliphatic carbocycles. The second-order valence-corrected chi connectivity index (χ2v) is 3.66. The summed E-state index contributed by atoms with van der Waals surface area (Å²) in [5.41, 5.74) is 7.19. The van der Waals surface area contributed by atoms with Gasteiger partial charge in [-0.15, -0.1) is 0 Å². The lowest BCUT2D eigenvalue weighted by molar-refractivity contribution is 0.117. The van der Waals surface area contributed by atoms with Gasteiger partial charge in [-0.1, -0.05) is 0 Å². The van der Waals surface area contributed by atoms with Crippen LogP contribution in [-0.4, -0.2) is 41.7 Å². The van der Waals surface area contributed by atoms with Crippen LogP contribution in [0.3, 0.4) is 0 Å². The van der Waals surface area contributed by atoms with Crippen LogP contribution in [0.1, 0.15) is 11.3 Å². The Labute approximate surface area is 98.5 Å². The van der Waals surface area contributed by atoms with Crippen LogP contribution in [-0.2, 0) is 17.7 Å². The van der Waals surface area contributed by atoms with Crippen LogP contribution in [0, 0.1) is 0 Å². The second-order valence-electron chi connectivity index (χ2n) is 3.66. The minimum Gasteiger partial charge on any atom is -0.481 e. The van der Waals surface area contributed by atoms with Crippen molar-refractivity contribution < 1.29 is 14.3 Å². The molecule has 0 spiro atoms. The molecule has 1 aromatic heterocycles. The Morgan fingerprint density at radius 3 is 2.82 bits per heavy atom. The molecule has 92 valence electrons. The zero-order valence-electron chi connectivity index (χ0n) is 9.77. The maximum atomic E-state index is 11.4. The van der Waals surface area contributed by atoms with E-state index in [-0.39, 0.29) is 12.0 Å². The highest BCUT2D eigenvalue weighted by Gasteiger charge is 2.26. The fraction of sp³-hybridized carbons (Fsp3) is 0.500. The van der Waals surface area contributed by atoms with Crippen molar-refractivity contribution in [1.29, 1.82) is 0 Å². The first-order valence-corrected chi connectivity index (χ1v) is 5.18. The molecule has 2 rings (SSSR count). The van der Waals surface area contributed by atoms with E-state index in [1.807, 2.05) is 0 Å². The molecule has 2 N–H and O–H groups in total. The highest BCUT2D eigenvalue weighted by molar-refractivity contribution is 5.68. The first-order chi connectivity index (χ1) is 8.15. The third-order valence-corrected chi connectivity index (χ3v) is 2.67. The molecule has 0 fully saturated rings. The number of rotatable bonds is 1. The predicted molar refractivity (Wildman–Crippen MR) is 59.5 cm³/mol. The summed E-state index contributed by atoms with van der Waals surface area (Å²) >= 11 is 0. The number of aromatic nitrogens is 2. The molecule has 7 nitrogen and oxygen atoms in total. The van der Waals surface area contributed by atoms with Crippen LogP contribution in [0.4, 0.5) is 10.7 Å². The van der Waals surface area contributed by atoms with Gasteiger partial charge in [-0.2, -0.15) is 4.98 Å². The van der Waals surface area contributed by atoms with E-state index in [0.29, 0.717) is 25.4 Å². The quantitative estimate of drug-likeness (QED) is 0.751. The number of nitrogen functional groups attached to an aromatic ring is 1. The summed E-state index contributed by atoms with van der Waals surface area (Å²) < 4.78 is 9.83. The summed E-state index contributed by atoms with van der Waals surface area (Å²) in [5.74, 6) is 0.605. The first-order valence-electron chi connectivity index (χ1n) is 5.18. The average molecular weight is 238 g/mol. The zero-order valence-corrected chi connectivity index (χ0v) is 9.77. The van der Waals surface area contributed by atoms with Gasteiger partial charge in [0, 0.05) is 13.0 Å². The molecule has 0 saturated carbocycles. The molecule has 7 heteroatoms. The largest absolute Gasteiger partial charge is 0.481 e. The van der Waals surface area contributed by atoms with Crippen LogP contribution in [0.15, 0.2) is 0 Å². The Hall–Kier alpha value is -2.05. The van der Waals surface area contributed by atoms with Gasteiger partial charge in [0.05, 0.1) is 32.0 Å². The highest BCUT2D eigenvalue weighted by atomic mass is 16.5. The molecule has 1 amide bonds. The van der Waals surface area contributed by atoms with E-state index in [1.165, 1.54) is 14.2 Å². The maximum absolute atomic E-state index is 11.4. The molecule has 17 heavy (non-hydrogen) atoms. The molecule has 0 unspecified atom stereocenters. The molecule has 0 radical (unpaired) electrons. The number of nitrogens with two attached hydrogens (primary N) is 1. The number of nitrogens with zero attached hydrogens (tertiary/aromatic N) is 3. The lowest BCUT2D eigenvalue weighted by Gasteiger charge is -2.27. The number of amides is 1. The van der Waals surface area contributed by atoms with E-state index in [9.17, 15) is 4.79 Å². The van der Waals surface area contributed by atoms with Crippen LogP contribution in [0.25, 0.3) is 0 Å². The Morgan fingerprint density at radius 1 is 1.41 bits per heavy atom. The van der Waals surface area contributed by atoms with Crippen molar-refractivity contribution >= 4 is 12.0 Å². The van der Waals surface area contributed by atoms with Crippen LogP contribution in [0.2, 0.25) is 0 Å². The SMILES string of the molecule is COC(=O)N1CCc2nc(N)nc(OC)c2C1. The molecule has 0 aromatic carbocycles. The van der Waals surface area contributed by atoms with Gasteiger partial charge in [0.25, 0.3) is 0 Å². The molecule has 1 aliphatic rings. The molecule has 1 aliphatic heterocycles. The lowest BCUT2D eigenvalue weighted by Crippen LogP contribution is -2.36. The second kappa shape index (κ2) is 4.44. The van der Waals surface area contributed by atoms with Gasteiger partial charge in [0.1, 0.15) is 0 Å². The number of carbonyl (C=O) groups excluding carboxylic acids is 1. The standard InChI is InChI=1S/C10H14N4O3/c1-16-8-6-5-14(10(15)17-2)4-3-7(6)12-9(11)13-8/h3-5H2,1-2H3,(H2,11,12,13). The number of hydrogen-bond acceptors (Lipinski definition) is 6. The number of fused-ring (bicyclic) bond motifs is 1. The third kappa shape index (κ3) is 2.08. The normalized spacial score (nSPS) is 14.1. The summed E-state index contributed by atoms with van der Waals surface area (Å²) in [5, 5.41) is 0. The van der Waals surface area contributed by atoms with Gasteiger partial charge < -0.3 is 20.1 Å². The van der Waals surface area contributed by atoms with Crippen molar-refractivity contribution in [3.8, 4) is 5.88 Å². The van der Waals surface area contributed by atoms with E-state index in [2.05, 4.69) is 14.7 Å². The van der Waals surface area contributed by atoms with Gasteiger partial charge in [-0.25, -0.2) is 9.78 Å².